The molecule has 72 valence electrons. The SMILES string of the molecule is O=C1SCC=C1N=NC1=CCSC1=O. The van der Waals surface area contributed by atoms with Crippen LogP contribution in [0.2, 0.25) is 0 Å². The zero-order valence-electron chi connectivity index (χ0n) is 7.10. The lowest BCUT2D eigenvalue weighted by atomic mass is 10.4. The van der Waals surface area contributed by atoms with Crippen LogP contribution in [0.1, 0.15) is 0 Å². The maximum absolute atomic E-state index is 11.1. The van der Waals surface area contributed by atoms with Gasteiger partial charge in [0, 0.05) is 11.5 Å². The van der Waals surface area contributed by atoms with E-state index in [0.29, 0.717) is 22.9 Å². The van der Waals surface area contributed by atoms with Gasteiger partial charge in [-0.3, -0.25) is 9.59 Å². The second-order valence-electron chi connectivity index (χ2n) is 2.58. The van der Waals surface area contributed by atoms with Gasteiger partial charge in [0.2, 0.25) is 10.2 Å². The van der Waals surface area contributed by atoms with Gasteiger partial charge in [0.1, 0.15) is 11.4 Å². The molecule has 2 heterocycles. The number of thioether (sulfide) groups is 2. The maximum atomic E-state index is 11.1. The van der Waals surface area contributed by atoms with E-state index in [4.69, 9.17) is 0 Å². The Hall–Kier alpha value is -0.880. The van der Waals surface area contributed by atoms with Gasteiger partial charge in [-0.15, -0.1) is 10.2 Å². The van der Waals surface area contributed by atoms with Crippen LogP contribution in [0.15, 0.2) is 33.8 Å². The van der Waals surface area contributed by atoms with E-state index in [2.05, 4.69) is 10.2 Å². The summed E-state index contributed by atoms with van der Waals surface area (Å²) in [6.45, 7) is 0. The summed E-state index contributed by atoms with van der Waals surface area (Å²) in [5.74, 6) is 1.30. The molecular weight excluding hydrogens is 220 g/mol. The van der Waals surface area contributed by atoms with E-state index in [1.807, 2.05) is 0 Å². The van der Waals surface area contributed by atoms with Gasteiger partial charge in [0.25, 0.3) is 0 Å². The van der Waals surface area contributed by atoms with Gasteiger partial charge in [-0.05, 0) is 12.2 Å². The molecule has 0 spiro atoms. The Bertz CT molecular complexity index is 349. The number of nitrogens with zero attached hydrogens (tertiary/aromatic N) is 2. The topological polar surface area (TPSA) is 58.9 Å². The largest absolute Gasteiger partial charge is 0.280 e. The number of hydrogen-bond donors (Lipinski definition) is 0. The molecule has 0 atom stereocenters. The molecule has 0 fully saturated rings. The first-order valence-corrected chi connectivity index (χ1v) is 5.91. The molecule has 0 saturated heterocycles. The van der Waals surface area contributed by atoms with Crippen LogP contribution in [0.25, 0.3) is 0 Å². The Kier molecular flexibility index (Phi) is 2.83. The molecule has 6 heteroatoms. The molecule has 0 N–H and O–H groups in total. The molecule has 0 radical (unpaired) electrons. The summed E-state index contributed by atoms with van der Waals surface area (Å²) in [5.41, 5.74) is 0.696. The van der Waals surface area contributed by atoms with Gasteiger partial charge >= 0.3 is 0 Å². The van der Waals surface area contributed by atoms with Gasteiger partial charge in [-0.2, -0.15) is 0 Å². The van der Waals surface area contributed by atoms with E-state index in [1.54, 1.807) is 12.2 Å². The molecule has 4 nitrogen and oxygen atoms in total. The lowest BCUT2D eigenvalue weighted by Crippen LogP contribution is -1.89. The Balaban J connectivity index is 2.07. The van der Waals surface area contributed by atoms with Crippen LogP contribution in [0.4, 0.5) is 0 Å². The Morgan fingerprint density at radius 1 is 0.929 bits per heavy atom. The van der Waals surface area contributed by atoms with Crippen molar-refractivity contribution in [2.24, 2.45) is 10.2 Å². The average Bonchev–Trinajstić information content (AvgIpc) is 2.72. The summed E-state index contributed by atoms with van der Waals surface area (Å²) in [7, 11) is 0. The summed E-state index contributed by atoms with van der Waals surface area (Å²) >= 11 is 2.39. The monoisotopic (exact) mass is 226 g/mol. The molecule has 0 aromatic rings. The van der Waals surface area contributed by atoms with E-state index < -0.39 is 0 Å². The third-order valence-corrected chi connectivity index (χ3v) is 3.28. The van der Waals surface area contributed by atoms with Crippen molar-refractivity contribution in [3.05, 3.63) is 23.5 Å². The normalized spacial score (nSPS) is 22.0. The van der Waals surface area contributed by atoms with Crippen molar-refractivity contribution < 1.29 is 9.59 Å². The standard InChI is InChI=1S/C8H6N2O2S2/c11-7-5(1-3-13-7)9-10-6-2-4-14-8(6)12/h1-2H,3-4H2. The zero-order valence-corrected chi connectivity index (χ0v) is 8.73. The van der Waals surface area contributed by atoms with Crippen molar-refractivity contribution in [1.82, 2.24) is 0 Å². The van der Waals surface area contributed by atoms with Gasteiger partial charge in [-0.25, -0.2) is 0 Å². The molecular formula is C8H6N2O2S2. The molecule has 2 aliphatic rings. The minimum atomic E-state index is -0.0764. The lowest BCUT2D eigenvalue weighted by Gasteiger charge is -1.89. The van der Waals surface area contributed by atoms with E-state index in [1.165, 1.54) is 23.5 Å². The highest BCUT2D eigenvalue weighted by atomic mass is 32.2. The van der Waals surface area contributed by atoms with E-state index in [-0.39, 0.29) is 10.2 Å². The van der Waals surface area contributed by atoms with E-state index in [9.17, 15) is 9.59 Å². The Morgan fingerprint density at radius 3 is 1.64 bits per heavy atom. The summed E-state index contributed by atoms with van der Waals surface area (Å²) < 4.78 is 0. The van der Waals surface area contributed by atoms with Gasteiger partial charge < -0.3 is 0 Å². The van der Waals surface area contributed by atoms with Crippen LogP contribution in [0.5, 0.6) is 0 Å². The summed E-state index contributed by atoms with van der Waals surface area (Å²) in [6.07, 6.45) is 3.42. The number of carbonyl (C=O) groups excluding carboxylic acids is 2. The molecule has 0 amide bonds. The number of hydrogen-bond acceptors (Lipinski definition) is 6. The molecule has 0 aromatic carbocycles. The minimum absolute atomic E-state index is 0.0764. The molecule has 0 unspecified atom stereocenters. The fourth-order valence-corrected chi connectivity index (χ4v) is 2.31. The van der Waals surface area contributed by atoms with Crippen LogP contribution in [-0.2, 0) is 9.59 Å². The number of rotatable bonds is 2. The third-order valence-electron chi connectivity index (χ3n) is 1.67. The molecule has 0 aromatic heterocycles. The highest BCUT2D eigenvalue weighted by Gasteiger charge is 2.18. The van der Waals surface area contributed by atoms with Crippen LogP contribution in [0, 0.1) is 0 Å². The van der Waals surface area contributed by atoms with E-state index in [0.717, 1.165) is 0 Å². The third kappa shape index (κ3) is 1.96. The van der Waals surface area contributed by atoms with Gasteiger partial charge in [-0.1, -0.05) is 23.5 Å². The summed E-state index contributed by atoms with van der Waals surface area (Å²) in [6, 6.07) is 0. The van der Waals surface area contributed by atoms with Crippen molar-refractivity contribution in [2.45, 2.75) is 0 Å². The molecule has 14 heavy (non-hydrogen) atoms. The number of carbonyl (C=O) groups is 2. The van der Waals surface area contributed by atoms with Crippen molar-refractivity contribution in [3.63, 3.8) is 0 Å². The Morgan fingerprint density at radius 2 is 1.36 bits per heavy atom. The maximum Gasteiger partial charge on any atom is 0.239 e. The van der Waals surface area contributed by atoms with Crippen LogP contribution >= 0.6 is 23.5 Å². The van der Waals surface area contributed by atoms with Crippen LogP contribution in [0.3, 0.4) is 0 Å². The highest BCUT2D eigenvalue weighted by Crippen LogP contribution is 2.24. The number of azo groups is 1. The predicted molar refractivity (Wildman–Crippen MR) is 56.0 cm³/mol. The smallest absolute Gasteiger partial charge is 0.239 e. The molecule has 0 saturated carbocycles. The van der Waals surface area contributed by atoms with Crippen molar-refractivity contribution in [3.8, 4) is 0 Å². The van der Waals surface area contributed by atoms with Gasteiger partial charge in [0.15, 0.2) is 0 Å². The predicted octanol–water partition coefficient (Wildman–Crippen LogP) is 1.75. The first-order valence-electron chi connectivity index (χ1n) is 3.93. The molecule has 2 rings (SSSR count). The summed E-state index contributed by atoms with van der Waals surface area (Å²) in [4.78, 5) is 22.2. The van der Waals surface area contributed by atoms with Gasteiger partial charge in [0.05, 0.1) is 0 Å². The van der Waals surface area contributed by atoms with Crippen molar-refractivity contribution in [1.29, 1.82) is 0 Å². The first-order chi connectivity index (χ1) is 6.77. The second-order valence-corrected chi connectivity index (χ2v) is 4.56. The highest BCUT2D eigenvalue weighted by molar-refractivity contribution is 8.14. The Labute approximate surface area is 88.9 Å². The fraction of sp³-hybridized carbons (Fsp3) is 0.250. The quantitative estimate of drug-likeness (QED) is 0.673. The lowest BCUT2D eigenvalue weighted by molar-refractivity contribution is -0.108. The minimum Gasteiger partial charge on any atom is -0.280 e. The second kappa shape index (κ2) is 4.10. The van der Waals surface area contributed by atoms with Crippen molar-refractivity contribution in [2.75, 3.05) is 11.5 Å². The molecule has 0 bridgehead atoms. The fourth-order valence-electron chi connectivity index (χ4n) is 0.978. The first kappa shape index (κ1) is 9.67. The van der Waals surface area contributed by atoms with Crippen LogP contribution in [-0.4, -0.2) is 21.7 Å². The van der Waals surface area contributed by atoms with Crippen LogP contribution < -0.4 is 0 Å². The molecule has 0 aliphatic carbocycles. The van der Waals surface area contributed by atoms with Crippen molar-refractivity contribution >= 4 is 33.8 Å². The molecule has 2 aliphatic heterocycles. The average molecular weight is 226 g/mol. The van der Waals surface area contributed by atoms with E-state index >= 15 is 0 Å². The zero-order chi connectivity index (χ0) is 9.97. The summed E-state index contributed by atoms with van der Waals surface area (Å²) in [5, 5.41) is 7.35.